The molecule has 1 fully saturated rings. The minimum absolute atomic E-state index is 0.0734. The largest absolute Gasteiger partial charge is 0.338 e. The molecule has 1 aliphatic heterocycles. The van der Waals surface area contributed by atoms with Gasteiger partial charge in [-0.05, 0) is 31.7 Å². The Balaban J connectivity index is 1.79. The normalized spacial score (nSPS) is 14.3. The number of carbonyl (C=O) groups excluding carboxylic acids is 1. The summed E-state index contributed by atoms with van der Waals surface area (Å²) >= 11 is 1.42. The second-order valence-corrected chi connectivity index (χ2v) is 6.97. The van der Waals surface area contributed by atoms with Crippen molar-refractivity contribution in [1.82, 2.24) is 25.3 Å². The van der Waals surface area contributed by atoms with Gasteiger partial charge in [-0.15, -0.1) is 0 Å². The van der Waals surface area contributed by atoms with Crippen molar-refractivity contribution in [2.24, 2.45) is 0 Å². The van der Waals surface area contributed by atoms with Gasteiger partial charge in [0.2, 0.25) is 11.9 Å². The Kier molecular flexibility index (Phi) is 6.00. The Bertz CT molecular complexity index is 769. The highest BCUT2D eigenvalue weighted by Crippen LogP contribution is 2.30. The zero-order chi connectivity index (χ0) is 18.5. The minimum Gasteiger partial charge on any atom is -0.338 e. The lowest BCUT2D eigenvalue weighted by atomic mass is 10.3. The third-order valence-electron chi connectivity index (χ3n) is 4.01. The van der Waals surface area contributed by atoms with Gasteiger partial charge in [-0.25, -0.2) is 19.9 Å². The second kappa shape index (κ2) is 8.41. The molecule has 0 aliphatic carbocycles. The molecule has 2 aromatic rings. The molecule has 0 unspecified atom stereocenters. The van der Waals surface area contributed by atoms with Crippen molar-refractivity contribution in [1.29, 1.82) is 0 Å². The summed E-state index contributed by atoms with van der Waals surface area (Å²) in [6.45, 7) is 9.47. The Morgan fingerprint density at radius 1 is 1.23 bits per heavy atom. The summed E-state index contributed by atoms with van der Waals surface area (Å²) in [7, 11) is 0. The fraction of sp³-hybridized carbons (Fsp3) is 0.471. The average molecular weight is 373 g/mol. The van der Waals surface area contributed by atoms with E-state index in [1.165, 1.54) is 11.8 Å². The highest BCUT2D eigenvalue weighted by atomic mass is 32.2. The van der Waals surface area contributed by atoms with Crippen molar-refractivity contribution in [2.75, 3.05) is 36.4 Å². The van der Waals surface area contributed by atoms with Gasteiger partial charge in [0.25, 0.3) is 0 Å². The van der Waals surface area contributed by atoms with E-state index < -0.39 is 0 Å². The Hall–Kier alpha value is -2.26. The maximum Gasteiger partial charge on any atom is 0.225 e. The van der Waals surface area contributed by atoms with Crippen LogP contribution in [0, 0.1) is 13.8 Å². The Labute approximate surface area is 157 Å². The van der Waals surface area contributed by atoms with E-state index in [0.29, 0.717) is 17.4 Å². The molecule has 1 saturated heterocycles. The number of hydrogen-bond donors (Lipinski definition) is 2. The van der Waals surface area contributed by atoms with E-state index in [1.807, 2.05) is 13.8 Å². The summed E-state index contributed by atoms with van der Waals surface area (Å²) < 4.78 is 0. The molecule has 2 N–H and O–H groups in total. The van der Waals surface area contributed by atoms with Gasteiger partial charge in [0.15, 0.2) is 5.16 Å². The molecule has 0 spiro atoms. The van der Waals surface area contributed by atoms with E-state index in [2.05, 4.69) is 35.5 Å². The number of hydrogen-bond acceptors (Lipinski definition) is 8. The molecule has 0 radical (unpaired) electrons. The first-order chi connectivity index (χ1) is 12.6. The first-order valence-electron chi connectivity index (χ1n) is 8.68. The predicted octanol–water partition coefficient (Wildman–Crippen LogP) is 1.79. The number of aromatic nitrogens is 4. The van der Waals surface area contributed by atoms with Crippen molar-refractivity contribution in [3.63, 3.8) is 0 Å². The van der Waals surface area contributed by atoms with Crippen LogP contribution in [0.1, 0.15) is 24.7 Å². The third kappa shape index (κ3) is 4.47. The van der Waals surface area contributed by atoms with Gasteiger partial charge in [0, 0.05) is 38.8 Å². The fourth-order valence-electron chi connectivity index (χ4n) is 2.62. The topological polar surface area (TPSA) is 95.9 Å². The maximum atomic E-state index is 11.5. The van der Waals surface area contributed by atoms with Crippen LogP contribution >= 0.6 is 11.8 Å². The monoisotopic (exact) mass is 373 g/mol. The quantitative estimate of drug-likeness (QED) is 0.766. The predicted molar refractivity (Wildman–Crippen MR) is 102 cm³/mol. The second-order valence-electron chi connectivity index (χ2n) is 5.99. The number of aryl methyl sites for hydroxylation is 2. The van der Waals surface area contributed by atoms with Crippen LogP contribution in [0.25, 0.3) is 0 Å². The molecule has 2 aromatic heterocycles. The lowest BCUT2D eigenvalue weighted by Gasteiger charge is -2.28. The Morgan fingerprint density at radius 3 is 2.58 bits per heavy atom. The summed E-state index contributed by atoms with van der Waals surface area (Å²) in [5, 5.41) is 6.64. The van der Waals surface area contributed by atoms with E-state index in [9.17, 15) is 4.79 Å². The molecular weight excluding hydrogens is 350 g/mol. The molecule has 3 heterocycles. The first kappa shape index (κ1) is 18.5. The number of rotatable bonds is 5. The van der Waals surface area contributed by atoms with Crippen LogP contribution in [0.4, 0.5) is 11.8 Å². The van der Waals surface area contributed by atoms with E-state index in [-0.39, 0.29) is 5.91 Å². The summed E-state index contributed by atoms with van der Waals surface area (Å²) in [6, 6.07) is 1.68. The van der Waals surface area contributed by atoms with Gasteiger partial charge in [-0.1, -0.05) is 6.92 Å². The molecule has 1 amide bonds. The van der Waals surface area contributed by atoms with Crippen molar-refractivity contribution >= 4 is 29.4 Å². The maximum absolute atomic E-state index is 11.5. The molecule has 1 aliphatic rings. The van der Waals surface area contributed by atoms with E-state index in [1.54, 1.807) is 19.2 Å². The number of piperazine rings is 1. The van der Waals surface area contributed by atoms with Crippen LogP contribution in [0.3, 0.4) is 0 Å². The third-order valence-corrected chi connectivity index (χ3v) is 5.18. The molecule has 0 atom stereocenters. The zero-order valence-corrected chi connectivity index (χ0v) is 16.1. The lowest BCUT2D eigenvalue weighted by molar-refractivity contribution is -0.115. The van der Waals surface area contributed by atoms with Crippen LogP contribution in [0.2, 0.25) is 0 Å². The van der Waals surface area contributed by atoms with Gasteiger partial charge < -0.3 is 15.5 Å². The summed E-state index contributed by atoms with van der Waals surface area (Å²) in [5.74, 6) is 1.20. The number of nitrogens with zero attached hydrogens (tertiary/aromatic N) is 5. The summed E-state index contributed by atoms with van der Waals surface area (Å²) in [6.07, 6.45) is 2.05. The van der Waals surface area contributed by atoms with Gasteiger partial charge in [-0.3, -0.25) is 4.79 Å². The van der Waals surface area contributed by atoms with Crippen molar-refractivity contribution in [3.05, 3.63) is 23.7 Å². The number of anilines is 2. The number of amides is 1. The van der Waals surface area contributed by atoms with Crippen molar-refractivity contribution < 1.29 is 4.79 Å². The van der Waals surface area contributed by atoms with Crippen LogP contribution in [-0.2, 0) is 4.79 Å². The highest BCUT2D eigenvalue weighted by Gasteiger charge is 2.17. The van der Waals surface area contributed by atoms with Crippen LogP contribution in [0.5, 0.6) is 0 Å². The van der Waals surface area contributed by atoms with Crippen LogP contribution in [-0.4, -0.2) is 52.0 Å². The average Bonchev–Trinajstić information content (AvgIpc) is 2.65. The minimum atomic E-state index is -0.0734. The molecule has 0 aromatic carbocycles. The molecule has 26 heavy (non-hydrogen) atoms. The molecule has 9 heteroatoms. The van der Waals surface area contributed by atoms with Crippen LogP contribution < -0.4 is 15.5 Å². The van der Waals surface area contributed by atoms with Crippen molar-refractivity contribution in [3.8, 4) is 0 Å². The number of nitrogens with one attached hydrogen (secondary N) is 2. The van der Waals surface area contributed by atoms with Gasteiger partial charge in [0.05, 0.1) is 16.3 Å². The molecule has 3 rings (SSSR count). The number of carbonyl (C=O) groups is 1. The van der Waals surface area contributed by atoms with Gasteiger partial charge >= 0.3 is 0 Å². The molecule has 0 saturated carbocycles. The SMILES string of the molecule is CCC(=O)Nc1ccnc(Sc2c(C)nc(N3CCNCC3)nc2C)n1. The van der Waals surface area contributed by atoms with Gasteiger partial charge in [0.1, 0.15) is 5.82 Å². The standard InChI is InChI=1S/C17H23N7OS/c1-4-14(25)22-13-5-6-19-17(23-13)26-15-11(2)20-16(21-12(15)3)24-9-7-18-8-10-24/h5-6,18H,4,7-10H2,1-3H3,(H,19,22,23,25). The van der Waals surface area contributed by atoms with Gasteiger partial charge in [-0.2, -0.15) is 0 Å². The van der Waals surface area contributed by atoms with Crippen LogP contribution in [0.15, 0.2) is 22.3 Å². The summed E-state index contributed by atoms with van der Waals surface area (Å²) in [4.78, 5) is 32.7. The van der Waals surface area contributed by atoms with E-state index in [4.69, 9.17) is 0 Å². The fourth-order valence-corrected chi connectivity index (χ4v) is 3.45. The smallest absolute Gasteiger partial charge is 0.225 e. The molecule has 138 valence electrons. The summed E-state index contributed by atoms with van der Waals surface area (Å²) in [5.41, 5.74) is 1.81. The molecule has 8 nitrogen and oxygen atoms in total. The lowest BCUT2D eigenvalue weighted by Crippen LogP contribution is -2.44. The first-order valence-corrected chi connectivity index (χ1v) is 9.50. The highest BCUT2D eigenvalue weighted by molar-refractivity contribution is 7.99. The van der Waals surface area contributed by atoms with E-state index >= 15 is 0 Å². The van der Waals surface area contributed by atoms with E-state index in [0.717, 1.165) is 48.4 Å². The molecular formula is C17H23N7OS. The molecule has 0 bridgehead atoms. The van der Waals surface area contributed by atoms with Crippen molar-refractivity contribution in [2.45, 2.75) is 37.2 Å². The zero-order valence-electron chi connectivity index (χ0n) is 15.2. The Morgan fingerprint density at radius 2 is 1.92 bits per heavy atom.